The molecule has 0 amide bonds. The van der Waals surface area contributed by atoms with E-state index in [1.54, 1.807) is 6.07 Å². The van der Waals surface area contributed by atoms with Gasteiger partial charge in [0.2, 0.25) is 0 Å². The summed E-state index contributed by atoms with van der Waals surface area (Å²) in [5.41, 5.74) is 1.75. The molecule has 3 rings (SSSR count). The first-order valence-corrected chi connectivity index (χ1v) is 6.32. The first-order valence-electron chi connectivity index (χ1n) is 5.94. The summed E-state index contributed by atoms with van der Waals surface area (Å²) < 4.78 is 26.6. The summed E-state index contributed by atoms with van der Waals surface area (Å²) in [7, 11) is 0. The SMILES string of the molecule is Cc1ccc(F)cc1-c1nc(Cl)c2ccc(F)cc2n1. The van der Waals surface area contributed by atoms with E-state index in [1.165, 1.54) is 30.3 Å². The van der Waals surface area contributed by atoms with Gasteiger partial charge in [-0.1, -0.05) is 17.7 Å². The van der Waals surface area contributed by atoms with Crippen molar-refractivity contribution in [3.8, 4) is 11.4 Å². The van der Waals surface area contributed by atoms with Crippen molar-refractivity contribution in [2.75, 3.05) is 0 Å². The van der Waals surface area contributed by atoms with Gasteiger partial charge in [-0.2, -0.15) is 0 Å². The number of aryl methyl sites for hydroxylation is 1. The van der Waals surface area contributed by atoms with Crippen LogP contribution in [0.15, 0.2) is 36.4 Å². The Morgan fingerprint density at radius 3 is 2.45 bits per heavy atom. The van der Waals surface area contributed by atoms with Crippen LogP contribution in [0.25, 0.3) is 22.3 Å². The zero-order chi connectivity index (χ0) is 14.3. The molecular formula is C15H9ClF2N2. The van der Waals surface area contributed by atoms with Crippen molar-refractivity contribution in [3.05, 3.63) is 58.7 Å². The van der Waals surface area contributed by atoms with Gasteiger partial charge in [-0.05, 0) is 36.8 Å². The fourth-order valence-corrected chi connectivity index (χ4v) is 2.26. The Morgan fingerprint density at radius 2 is 1.65 bits per heavy atom. The standard InChI is InChI=1S/C15H9ClF2N2/c1-8-2-3-9(17)6-12(8)15-19-13-7-10(18)4-5-11(13)14(16)20-15/h2-7H,1H3. The smallest absolute Gasteiger partial charge is 0.161 e. The number of halogens is 3. The van der Waals surface area contributed by atoms with Crippen LogP contribution in [0.2, 0.25) is 5.15 Å². The molecule has 0 atom stereocenters. The Labute approximate surface area is 119 Å². The number of hydrogen-bond donors (Lipinski definition) is 0. The van der Waals surface area contributed by atoms with Gasteiger partial charge in [-0.25, -0.2) is 18.7 Å². The molecule has 20 heavy (non-hydrogen) atoms. The second-order valence-corrected chi connectivity index (χ2v) is 4.82. The van der Waals surface area contributed by atoms with Gasteiger partial charge < -0.3 is 0 Å². The van der Waals surface area contributed by atoms with Crippen LogP contribution in [-0.2, 0) is 0 Å². The third-order valence-corrected chi connectivity index (χ3v) is 3.34. The van der Waals surface area contributed by atoms with Gasteiger partial charge in [0.15, 0.2) is 5.82 Å². The molecule has 0 aliphatic rings. The minimum atomic E-state index is -0.408. The van der Waals surface area contributed by atoms with Crippen LogP contribution in [0.3, 0.4) is 0 Å². The maximum absolute atomic E-state index is 13.4. The molecule has 0 fully saturated rings. The second-order valence-electron chi connectivity index (χ2n) is 4.46. The van der Waals surface area contributed by atoms with Gasteiger partial charge in [-0.3, -0.25) is 0 Å². The van der Waals surface area contributed by atoms with Crippen molar-refractivity contribution in [2.24, 2.45) is 0 Å². The summed E-state index contributed by atoms with van der Waals surface area (Å²) in [5, 5.41) is 0.777. The predicted molar refractivity (Wildman–Crippen MR) is 74.6 cm³/mol. The highest BCUT2D eigenvalue weighted by Crippen LogP contribution is 2.27. The van der Waals surface area contributed by atoms with E-state index in [9.17, 15) is 8.78 Å². The Bertz CT molecular complexity index is 818. The van der Waals surface area contributed by atoms with E-state index in [2.05, 4.69) is 9.97 Å². The molecule has 0 bridgehead atoms. The van der Waals surface area contributed by atoms with E-state index < -0.39 is 5.82 Å². The topological polar surface area (TPSA) is 25.8 Å². The lowest BCUT2D eigenvalue weighted by molar-refractivity contribution is 0.627. The molecule has 0 spiro atoms. The largest absolute Gasteiger partial charge is 0.228 e. The number of fused-ring (bicyclic) bond motifs is 1. The Kier molecular flexibility index (Phi) is 3.10. The summed E-state index contributed by atoms with van der Waals surface area (Å²) in [6.07, 6.45) is 0. The Hall–Kier alpha value is -2.07. The van der Waals surface area contributed by atoms with Crippen molar-refractivity contribution in [1.29, 1.82) is 0 Å². The average Bonchev–Trinajstić information content (AvgIpc) is 2.41. The van der Waals surface area contributed by atoms with Crippen molar-refractivity contribution in [1.82, 2.24) is 9.97 Å². The molecule has 5 heteroatoms. The maximum Gasteiger partial charge on any atom is 0.161 e. The average molecular weight is 291 g/mol. The molecule has 0 aliphatic heterocycles. The zero-order valence-electron chi connectivity index (χ0n) is 10.5. The van der Waals surface area contributed by atoms with Crippen molar-refractivity contribution < 1.29 is 8.78 Å². The van der Waals surface area contributed by atoms with E-state index in [4.69, 9.17) is 11.6 Å². The quantitative estimate of drug-likeness (QED) is 0.615. The van der Waals surface area contributed by atoms with Crippen molar-refractivity contribution in [3.63, 3.8) is 0 Å². The van der Waals surface area contributed by atoms with Crippen LogP contribution in [0.4, 0.5) is 8.78 Å². The van der Waals surface area contributed by atoms with Gasteiger partial charge in [0.05, 0.1) is 5.52 Å². The third-order valence-electron chi connectivity index (χ3n) is 3.05. The van der Waals surface area contributed by atoms with E-state index in [1.807, 2.05) is 6.92 Å². The van der Waals surface area contributed by atoms with Crippen LogP contribution in [0, 0.1) is 18.6 Å². The number of aromatic nitrogens is 2. The summed E-state index contributed by atoms with van der Waals surface area (Å²) in [4.78, 5) is 8.44. The fraction of sp³-hybridized carbons (Fsp3) is 0.0667. The molecule has 0 saturated heterocycles. The van der Waals surface area contributed by atoms with Crippen molar-refractivity contribution in [2.45, 2.75) is 6.92 Å². The van der Waals surface area contributed by atoms with E-state index in [-0.39, 0.29) is 16.8 Å². The van der Waals surface area contributed by atoms with E-state index in [0.29, 0.717) is 16.5 Å². The Balaban J connectivity index is 2.29. The zero-order valence-corrected chi connectivity index (χ0v) is 11.2. The van der Waals surface area contributed by atoms with Crippen LogP contribution < -0.4 is 0 Å². The number of rotatable bonds is 1. The van der Waals surface area contributed by atoms with Crippen LogP contribution in [0.5, 0.6) is 0 Å². The highest BCUT2D eigenvalue weighted by molar-refractivity contribution is 6.34. The predicted octanol–water partition coefficient (Wildman–Crippen LogP) is 4.54. The molecule has 2 aromatic carbocycles. The lowest BCUT2D eigenvalue weighted by Crippen LogP contribution is -1.95. The molecule has 1 heterocycles. The summed E-state index contributed by atoms with van der Waals surface area (Å²) >= 11 is 6.09. The minimum absolute atomic E-state index is 0.216. The molecule has 0 N–H and O–H groups in total. The number of nitrogens with zero attached hydrogens (tertiary/aromatic N) is 2. The van der Waals surface area contributed by atoms with Crippen LogP contribution in [-0.4, -0.2) is 9.97 Å². The normalized spacial score (nSPS) is 11.0. The molecule has 1 aromatic heterocycles. The molecule has 0 unspecified atom stereocenters. The molecule has 2 nitrogen and oxygen atoms in total. The molecule has 0 aliphatic carbocycles. The van der Waals surface area contributed by atoms with Gasteiger partial charge in [0.25, 0.3) is 0 Å². The van der Waals surface area contributed by atoms with Crippen LogP contribution >= 0.6 is 11.6 Å². The first-order chi connectivity index (χ1) is 9.54. The maximum atomic E-state index is 13.4. The highest BCUT2D eigenvalue weighted by atomic mass is 35.5. The lowest BCUT2D eigenvalue weighted by Gasteiger charge is -2.07. The van der Waals surface area contributed by atoms with Gasteiger partial charge in [0, 0.05) is 17.0 Å². The molecular weight excluding hydrogens is 282 g/mol. The number of benzene rings is 2. The fourth-order valence-electron chi connectivity index (χ4n) is 2.02. The summed E-state index contributed by atoms with van der Waals surface area (Å²) in [6.45, 7) is 1.82. The Morgan fingerprint density at radius 1 is 0.950 bits per heavy atom. The van der Waals surface area contributed by atoms with Gasteiger partial charge in [-0.15, -0.1) is 0 Å². The molecule has 100 valence electrons. The van der Waals surface area contributed by atoms with Crippen LogP contribution in [0.1, 0.15) is 5.56 Å². The molecule has 0 saturated carbocycles. The van der Waals surface area contributed by atoms with Gasteiger partial charge in [0.1, 0.15) is 16.8 Å². The summed E-state index contributed by atoms with van der Waals surface area (Å²) in [5.74, 6) is -0.510. The monoisotopic (exact) mass is 290 g/mol. The lowest BCUT2D eigenvalue weighted by atomic mass is 10.1. The highest BCUT2D eigenvalue weighted by Gasteiger charge is 2.11. The van der Waals surface area contributed by atoms with E-state index >= 15 is 0 Å². The summed E-state index contributed by atoms with van der Waals surface area (Å²) in [6, 6.07) is 8.44. The second kappa shape index (κ2) is 4.80. The minimum Gasteiger partial charge on any atom is -0.228 e. The van der Waals surface area contributed by atoms with E-state index in [0.717, 1.165) is 5.56 Å². The molecule has 0 radical (unpaired) electrons. The van der Waals surface area contributed by atoms with Gasteiger partial charge >= 0.3 is 0 Å². The molecule has 3 aromatic rings. The van der Waals surface area contributed by atoms with Crippen molar-refractivity contribution >= 4 is 22.5 Å². The first kappa shape index (κ1) is 12.9. The third kappa shape index (κ3) is 2.23. The number of hydrogen-bond acceptors (Lipinski definition) is 2.